The number of cyclic esters (lactones) is 1. The molecule has 0 spiro atoms. The van der Waals surface area contributed by atoms with Gasteiger partial charge in [-0.25, -0.2) is 4.79 Å². The maximum atomic E-state index is 11.8. The van der Waals surface area contributed by atoms with Crippen LogP contribution in [0, 0.1) is 0 Å². The summed E-state index contributed by atoms with van der Waals surface area (Å²) in [5.74, 6) is 0. The van der Waals surface area contributed by atoms with Crippen LogP contribution in [-0.2, 0) is 9.47 Å². The minimum Gasteiger partial charge on any atom is -0.446 e. The lowest BCUT2D eigenvalue weighted by Gasteiger charge is -2.42. The van der Waals surface area contributed by atoms with E-state index in [1.54, 1.807) is 0 Å². The van der Waals surface area contributed by atoms with Gasteiger partial charge in [0.25, 0.3) is 0 Å². The van der Waals surface area contributed by atoms with Crippen molar-refractivity contribution >= 4 is 14.2 Å². The van der Waals surface area contributed by atoms with Gasteiger partial charge in [-0.1, -0.05) is 19.6 Å². The Balaban J connectivity index is 1.97. The predicted octanol–water partition coefficient (Wildman–Crippen LogP) is 1.93. The zero-order chi connectivity index (χ0) is 11.8. The number of nitrogens with zero attached hydrogens (tertiary/aromatic N) is 1. The molecule has 0 N–H and O–H groups in total. The van der Waals surface area contributed by atoms with E-state index < -0.39 is 8.07 Å². The molecule has 2 fully saturated rings. The van der Waals surface area contributed by atoms with E-state index in [1.165, 1.54) is 0 Å². The summed E-state index contributed by atoms with van der Waals surface area (Å²) in [5, 5.41) is 0. The Kier molecular flexibility index (Phi) is 3.26. The van der Waals surface area contributed by atoms with Crippen molar-refractivity contribution < 1.29 is 14.3 Å². The van der Waals surface area contributed by atoms with Gasteiger partial charge in [-0.05, 0) is 6.04 Å². The molecule has 0 aromatic heterocycles. The molecule has 0 bridgehead atoms. The van der Waals surface area contributed by atoms with Crippen LogP contribution in [0.2, 0.25) is 25.7 Å². The highest BCUT2D eigenvalue weighted by atomic mass is 28.3. The third-order valence-corrected chi connectivity index (χ3v) is 4.78. The van der Waals surface area contributed by atoms with Crippen LogP contribution in [0.15, 0.2) is 0 Å². The minimum absolute atomic E-state index is 0.113. The Morgan fingerprint density at radius 1 is 1.44 bits per heavy atom. The third kappa shape index (κ3) is 2.77. The van der Waals surface area contributed by atoms with Crippen molar-refractivity contribution in [2.75, 3.05) is 19.8 Å². The number of morpholine rings is 1. The molecule has 92 valence electrons. The zero-order valence-electron chi connectivity index (χ0n) is 10.4. The van der Waals surface area contributed by atoms with Crippen molar-refractivity contribution in [1.82, 2.24) is 4.90 Å². The number of carbonyl (C=O) groups is 1. The van der Waals surface area contributed by atoms with E-state index in [0.717, 1.165) is 12.5 Å². The van der Waals surface area contributed by atoms with Crippen molar-refractivity contribution in [2.24, 2.45) is 0 Å². The maximum absolute atomic E-state index is 11.8. The van der Waals surface area contributed by atoms with Crippen LogP contribution in [0.4, 0.5) is 4.79 Å². The van der Waals surface area contributed by atoms with E-state index in [0.29, 0.717) is 19.8 Å². The summed E-state index contributed by atoms with van der Waals surface area (Å²) in [4.78, 5) is 13.6. The SMILES string of the molecule is C[Si](C)(C)CC1CC2COCCN2C(=O)O1. The molecular weight excluding hydrogens is 222 g/mol. The van der Waals surface area contributed by atoms with Gasteiger partial charge in [0.1, 0.15) is 6.10 Å². The van der Waals surface area contributed by atoms with Crippen molar-refractivity contribution in [3.63, 3.8) is 0 Å². The van der Waals surface area contributed by atoms with Gasteiger partial charge in [0.15, 0.2) is 0 Å². The molecule has 0 saturated carbocycles. The van der Waals surface area contributed by atoms with Crippen molar-refractivity contribution in [1.29, 1.82) is 0 Å². The lowest BCUT2D eigenvalue weighted by Crippen LogP contribution is -2.55. The largest absolute Gasteiger partial charge is 0.446 e. The molecule has 5 heteroatoms. The summed E-state index contributed by atoms with van der Waals surface area (Å²) in [7, 11) is -1.17. The van der Waals surface area contributed by atoms with Crippen molar-refractivity contribution in [3.05, 3.63) is 0 Å². The summed E-state index contributed by atoms with van der Waals surface area (Å²) in [6, 6.07) is 1.31. The summed E-state index contributed by atoms with van der Waals surface area (Å²) < 4.78 is 10.9. The third-order valence-electron chi connectivity index (χ3n) is 3.10. The first-order valence-electron chi connectivity index (χ1n) is 6.01. The number of rotatable bonds is 2. The molecule has 2 atom stereocenters. The molecular formula is C11H21NO3Si. The van der Waals surface area contributed by atoms with E-state index in [1.807, 2.05) is 4.90 Å². The molecule has 2 aliphatic heterocycles. The number of fused-ring (bicyclic) bond motifs is 1. The minimum atomic E-state index is -1.17. The van der Waals surface area contributed by atoms with E-state index in [-0.39, 0.29) is 18.2 Å². The van der Waals surface area contributed by atoms with Gasteiger partial charge in [0, 0.05) is 21.0 Å². The van der Waals surface area contributed by atoms with Gasteiger partial charge in [0.2, 0.25) is 0 Å². The van der Waals surface area contributed by atoms with Crippen LogP contribution in [0.25, 0.3) is 0 Å². The number of hydrogen-bond acceptors (Lipinski definition) is 3. The highest BCUT2D eigenvalue weighted by Gasteiger charge is 2.38. The first-order chi connectivity index (χ1) is 7.46. The second kappa shape index (κ2) is 4.37. The lowest BCUT2D eigenvalue weighted by molar-refractivity contribution is -0.0595. The Hall–Kier alpha value is -0.553. The van der Waals surface area contributed by atoms with E-state index >= 15 is 0 Å². The number of amides is 1. The summed E-state index contributed by atoms with van der Waals surface area (Å²) in [6.45, 7) is 8.94. The highest BCUT2D eigenvalue weighted by molar-refractivity contribution is 6.76. The molecule has 2 heterocycles. The Morgan fingerprint density at radius 3 is 2.88 bits per heavy atom. The molecule has 0 aliphatic carbocycles. The van der Waals surface area contributed by atoms with Crippen LogP contribution in [0.1, 0.15) is 6.42 Å². The molecule has 2 aliphatic rings. The van der Waals surface area contributed by atoms with Crippen LogP contribution in [-0.4, -0.2) is 51.0 Å². The topological polar surface area (TPSA) is 38.8 Å². The first-order valence-corrected chi connectivity index (χ1v) is 9.71. The molecule has 1 amide bonds. The quantitative estimate of drug-likeness (QED) is 0.696. The molecule has 0 aromatic carbocycles. The Labute approximate surface area is 97.9 Å². The van der Waals surface area contributed by atoms with Crippen LogP contribution in [0.5, 0.6) is 0 Å². The molecule has 0 radical (unpaired) electrons. The standard InChI is InChI=1S/C11H21NO3Si/c1-16(2,3)8-10-6-9-7-14-5-4-12(9)11(13)15-10/h9-10H,4-8H2,1-3H3. The van der Waals surface area contributed by atoms with Crippen molar-refractivity contribution in [3.8, 4) is 0 Å². The Bertz CT molecular complexity index is 277. The zero-order valence-corrected chi connectivity index (χ0v) is 11.4. The van der Waals surface area contributed by atoms with Crippen LogP contribution in [0.3, 0.4) is 0 Å². The fraction of sp³-hybridized carbons (Fsp3) is 0.909. The normalized spacial score (nSPS) is 30.9. The maximum Gasteiger partial charge on any atom is 0.410 e. The molecule has 0 aromatic rings. The molecule has 4 nitrogen and oxygen atoms in total. The predicted molar refractivity (Wildman–Crippen MR) is 64.4 cm³/mol. The van der Waals surface area contributed by atoms with Gasteiger partial charge in [-0.3, -0.25) is 0 Å². The summed E-state index contributed by atoms with van der Waals surface area (Å²) >= 11 is 0. The fourth-order valence-corrected chi connectivity index (χ4v) is 4.08. The first kappa shape index (κ1) is 11.9. The van der Waals surface area contributed by atoms with Gasteiger partial charge < -0.3 is 14.4 Å². The average molecular weight is 243 g/mol. The van der Waals surface area contributed by atoms with Gasteiger partial charge in [0.05, 0.1) is 19.3 Å². The van der Waals surface area contributed by atoms with Crippen molar-refractivity contribution in [2.45, 2.75) is 44.3 Å². The molecule has 16 heavy (non-hydrogen) atoms. The second-order valence-corrected chi connectivity index (χ2v) is 11.5. The number of hydrogen-bond donors (Lipinski definition) is 0. The second-order valence-electron chi connectivity index (χ2n) is 5.93. The molecule has 2 rings (SSSR count). The van der Waals surface area contributed by atoms with Crippen LogP contribution < -0.4 is 0 Å². The van der Waals surface area contributed by atoms with Gasteiger partial charge in [-0.2, -0.15) is 0 Å². The van der Waals surface area contributed by atoms with E-state index in [4.69, 9.17) is 9.47 Å². The average Bonchev–Trinajstić information content (AvgIpc) is 2.15. The van der Waals surface area contributed by atoms with Gasteiger partial charge >= 0.3 is 6.09 Å². The summed E-state index contributed by atoms with van der Waals surface area (Å²) in [5.41, 5.74) is 0. The lowest BCUT2D eigenvalue weighted by atomic mass is 10.1. The smallest absolute Gasteiger partial charge is 0.410 e. The Morgan fingerprint density at radius 2 is 2.19 bits per heavy atom. The fourth-order valence-electron chi connectivity index (χ4n) is 2.46. The van der Waals surface area contributed by atoms with E-state index in [2.05, 4.69) is 19.6 Å². The monoisotopic (exact) mass is 243 g/mol. The van der Waals surface area contributed by atoms with E-state index in [9.17, 15) is 4.79 Å². The molecule has 2 saturated heterocycles. The van der Waals surface area contributed by atoms with Crippen LogP contribution >= 0.6 is 0 Å². The molecule has 2 unspecified atom stereocenters. The summed E-state index contributed by atoms with van der Waals surface area (Å²) in [6.07, 6.45) is 0.917. The number of ether oxygens (including phenoxy) is 2. The number of carbonyl (C=O) groups excluding carboxylic acids is 1. The highest BCUT2D eigenvalue weighted by Crippen LogP contribution is 2.26. The van der Waals surface area contributed by atoms with Gasteiger partial charge in [-0.15, -0.1) is 0 Å².